The maximum Gasteiger partial charge on any atom is 0.384 e. The smallest absolute Gasteiger partial charge is 0.384 e. The minimum absolute atomic E-state index is 0.335. The maximum absolute atomic E-state index is 11.3. The molecule has 0 aliphatic heterocycles. The summed E-state index contributed by atoms with van der Waals surface area (Å²) in [6.45, 7) is 2.09. The third kappa shape index (κ3) is 4.36. The molecule has 0 atom stereocenters. The number of hydrogen-bond acceptors (Lipinski definition) is 2. The highest BCUT2D eigenvalue weighted by Gasteiger charge is 2.03. The van der Waals surface area contributed by atoms with Gasteiger partial charge in [0.1, 0.15) is 0 Å². The molecule has 2 rings (SSSR count). The van der Waals surface area contributed by atoms with Crippen LogP contribution in [0.3, 0.4) is 0 Å². The molecule has 0 saturated heterocycles. The van der Waals surface area contributed by atoms with Crippen molar-refractivity contribution in [1.82, 2.24) is 0 Å². The maximum atomic E-state index is 11.3. The predicted octanol–water partition coefficient (Wildman–Crippen LogP) is 3.68. The molecular weight excluding hydrogens is 260 g/mol. The van der Waals surface area contributed by atoms with E-state index in [9.17, 15) is 4.79 Å². The van der Waals surface area contributed by atoms with E-state index in [2.05, 4.69) is 11.8 Å². The van der Waals surface area contributed by atoms with Crippen LogP contribution in [-0.4, -0.2) is 12.6 Å². The molecule has 0 fully saturated rings. The molecule has 0 N–H and O–H groups in total. The van der Waals surface area contributed by atoms with Crippen LogP contribution in [-0.2, 0) is 9.53 Å². The molecule has 0 radical (unpaired) electrons. The minimum atomic E-state index is -0.505. The van der Waals surface area contributed by atoms with Gasteiger partial charge in [-0.3, -0.25) is 0 Å². The number of allylic oxidation sites excluding steroid dienone is 1. The fourth-order valence-corrected chi connectivity index (χ4v) is 1.90. The van der Waals surface area contributed by atoms with Crippen molar-refractivity contribution in [2.45, 2.75) is 6.92 Å². The number of carbonyl (C=O) groups excluding carboxylic acids is 1. The molecular formula is C19H16O2. The Hall–Kier alpha value is -2.79. The molecule has 2 aromatic carbocycles. The van der Waals surface area contributed by atoms with Crippen molar-refractivity contribution in [2.24, 2.45) is 0 Å². The summed E-state index contributed by atoms with van der Waals surface area (Å²) in [4.78, 5) is 11.3. The van der Waals surface area contributed by atoms with E-state index in [1.807, 2.05) is 60.7 Å². The number of rotatable bonds is 3. The van der Waals surface area contributed by atoms with E-state index in [-0.39, 0.29) is 0 Å². The number of ether oxygens (including phenoxy) is 1. The molecule has 0 spiro atoms. The second kappa shape index (κ2) is 7.72. The first-order valence-corrected chi connectivity index (χ1v) is 6.80. The number of carbonyl (C=O) groups is 1. The fraction of sp³-hybridized carbons (Fsp3) is 0.105. The van der Waals surface area contributed by atoms with Crippen molar-refractivity contribution in [3.05, 3.63) is 77.9 Å². The summed E-state index contributed by atoms with van der Waals surface area (Å²) in [6, 6.07) is 19.9. The first-order chi connectivity index (χ1) is 10.3. The zero-order valence-electron chi connectivity index (χ0n) is 11.9. The van der Waals surface area contributed by atoms with Crippen LogP contribution in [0.25, 0.3) is 5.57 Å². The second-order valence-corrected chi connectivity index (χ2v) is 4.28. The van der Waals surface area contributed by atoms with Crippen LogP contribution in [0, 0.1) is 11.8 Å². The number of esters is 1. The van der Waals surface area contributed by atoms with Crippen LogP contribution >= 0.6 is 0 Å². The Morgan fingerprint density at radius 3 is 2.00 bits per heavy atom. The molecule has 0 aliphatic rings. The van der Waals surface area contributed by atoms with Crippen molar-refractivity contribution < 1.29 is 9.53 Å². The monoisotopic (exact) mass is 276 g/mol. The van der Waals surface area contributed by atoms with E-state index in [0.29, 0.717) is 6.61 Å². The van der Waals surface area contributed by atoms with Gasteiger partial charge in [0.2, 0.25) is 0 Å². The first kappa shape index (κ1) is 14.6. The Labute approximate surface area is 125 Å². The molecule has 0 unspecified atom stereocenters. The standard InChI is InChI=1S/C19H16O2/c1-2-21-19(20)15-9-14-18(16-10-5-3-6-11-16)17-12-7-4-8-13-17/h3-8,10-14H,2H2,1H3. The highest BCUT2D eigenvalue weighted by Crippen LogP contribution is 2.22. The highest BCUT2D eigenvalue weighted by atomic mass is 16.5. The highest BCUT2D eigenvalue weighted by molar-refractivity contribution is 5.90. The van der Waals surface area contributed by atoms with Crippen molar-refractivity contribution in [2.75, 3.05) is 6.61 Å². The van der Waals surface area contributed by atoms with Crippen LogP contribution in [0.5, 0.6) is 0 Å². The Morgan fingerprint density at radius 2 is 1.52 bits per heavy atom. The lowest BCUT2D eigenvalue weighted by Gasteiger charge is -2.06. The van der Waals surface area contributed by atoms with Crippen LogP contribution in [0.15, 0.2) is 66.7 Å². The van der Waals surface area contributed by atoms with E-state index in [4.69, 9.17) is 4.74 Å². The topological polar surface area (TPSA) is 26.3 Å². The van der Waals surface area contributed by atoms with Gasteiger partial charge in [-0.05, 0) is 29.7 Å². The van der Waals surface area contributed by atoms with Gasteiger partial charge in [0, 0.05) is 5.92 Å². The molecule has 0 bridgehead atoms. The van der Waals surface area contributed by atoms with Crippen molar-refractivity contribution in [3.63, 3.8) is 0 Å². The third-order valence-corrected chi connectivity index (χ3v) is 2.84. The molecule has 2 nitrogen and oxygen atoms in total. The predicted molar refractivity (Wildman–Crippen MR) is 84.4 cm³/mol. The largest absolute Gasteiger partial charge is 0.456 e. The summed E-state index contributed by atoms with van der Waals surface area (Å²) < 4.78 is 4.79. The molecule has 0 aliphatic carbocycles. The molecule has 2 heteroatoms. The summed E-state index contributed by atoms with van der Waals surface area (Å²) in [6.07, 6.45) is 1.75. The van der Waals surface area contributed by atoms with Gasteiger partial charge in [-0.2, -0.15) is 0 Å². The molecule has 2 aromatic rings. The molecule has 104 valence electrons. The first-order valence-electron chi connectivity index (χ1n) is 6.80. The number of hydrogen-bond donors (Lipinski definition) is 0. The van der Waals surface area contributed by atoms with Crippen LogP contribution in [0.2, 0.25) is 0 Å². The van der Waals surface area contributed by atoms with Crippen molar-refractivity contribution >= 4 is 11.5 Å². The Balaban J connectivity index is 2.36. The zero-order chi connectivity index (χ0) is 14.9. The van der Waals surface area contributed by atoms with Crippen molar-refractivity contribution in [3.8, 4) is 11.8 Å². The fourth-order valence-electron chi connectivity index (χ4n) is 1.90. The lowest BCUT2D eigenvalue weighted by molar-refractivity contribution is -0.136. The Kier molecular flexibility index (Phi) is 5.37. The lowest BCUT2D eigenvalue weighted by atomic mass is 9.98. The Morgan fingerprint density at radius 1 is 1.00 bits per heavy atom. The Bertz CT molecular complexity index is 632. The van der Waals surface area contributed by atoms with Gasteiger partial charge in [0.15, 0.2) is 0 Å². The SMILES string of the molecule is CCOC(=O)C#CC=C(c1ccccc1)c1ccccc1. The number of benzene rings is 2. The van der Waals surface area contributed by atoms with Gasteiger partial charge in [0.05, 0.1) is 6.61 Å². The lowest BCUT2D eigenvalue weighted by Crippen LogP contribution is -1.99. The molecule has 0 saturated carbocycles. The average molecular weight is 276 g/mol. The minimum Gasteiger partial charge on any atom is -0.456 e. The summed E-state index contributed by atoms with van der Waals surface area (Å²) in [5, 5.41) is 0. The molecule has 0 aromatic heterocycles. The van der Waals surface area contributed by atoms with E-state index in [1.54, 1.807) is 13.0 Å². The normalized spacial score (nSPS) is 9.19. The average Bonchev–Trinajstić information content (AvgIpc) is 2.53. The summed E-state index contributed by atoms with van der Waals surface area (Å²) in [7, 11) is 0. The van der Waals surface area contributed by atoms with Crippen molar-refractivity contribution in [1.29, 1.82) is 0 Å². The van der Waals surface area contributed by atoms with Gasteiger partial charge >= 0.3 is 5.97 Å². The quantitative estimate of drug-likeness (QED) is 0.485. The van der Waals surface area contributed by atoms with Gasteiger partial charge < -0.3 is 4.74 Å². The summed E-state index contributed by atoms with van der Waals surface area (Å²) in [5.74, 6) is 4.74. The molecule has 21 heavy (non-hydrogen) atoms. The van der Waals surface area contributed by atoms with E-state index >= 15 is 0 Å². The summed E-state index contributed by atoms with van der Waals surface area (Å²) in [5.41, 5.74) is 3.09. The van der Waals surface area contributed by atoms with Crippen LogP contribution in [0.1, 0.15) is 18.1 Å². The third-order valence-electron chi connectivity index (χ3n) is 2.84. The zero-order valence-corrected chi connectivity index (χ0v) is 11.9. The van der Waals surface area contributed by atoms with Gasteiger partial charge in [-0.25, -0.2) is 4.79 Å². The summed E-state index contributed by atoms with van der Waals surface area (Å²) >= 11 is 0. The van der Waals surface area contributed by atoms with E-state index in [1.165, 1.54) is 0 Å². The molecule has 0 heterocycles. The van der Waals surface area contributed by atoms with Crippen LogP contribution in [0.4, 0.5) is 0 Å². The van der Waals surface area contributed by atoms with E-state index < -0.39 is 5.97 Å². The van der Waals surface area contributed by atoms with Crippen LogP contribution < -0.4 is 0 Å². The van der Waals surface area contributed by atoms with Gasteiger partial charge in [-0.15, -0.1) is 0 Å². The van der Waals surface area contributed by atoms with E-state index in [0.717, 1.165) is 16.7 Å². The molecule has 0 amide bonds. The van der Waals surface area contributed by atoms with Gasteiger partial charge in [-0.1, -0.05) is 66.6 Å². The second-order valence-electron chi connectivity index (χ2n) is 4.28. The van der Waals surface area contributed by atoms with Gasteiger partial charge in [0.25, 0.3) is 0 Å².